The molecule has 4 heteroatoms. The lowest BCUT2D eigenvalue weighted by molar-refractivity contribution is 0.184. The van der Waals surface area contributed by atoms with Crippen molar-refractivity contribution in [1.82, 2.24) is 15.2 Å². The summed E-state index contributed by atoms with van der Waals surface area (Å²) in [5.41, 5.74) is 0.198. The second kappa shape index (κ2) is 6.55. The third-order valence-corrected chi connectivity index (χ3v) is 3.84. The van der Waals surface area contributed by atoms with E-state index >= 15 is 0 Å². The zero-order valence-electron chi connectivity index (χ0n) is 13.3. The average Bonchev–Trinajstić information content (AvgIpc) is 2.45. The third-order valence-electron chi connectivity index (χ3n) is 3.84. The largest absolute Gasteiger partial charge is 0.354 e. The van der Waals surface area contributed by atoms with Gasteiger partial charge in [0.1, 0.15) is 5.82 Å². The molecule has 2 heterocycles. The molecule has 1 atom stereocenters. The highest BCUT2D eigenvalue weighted by molar-refractivity contribution is 5.38. The smallest absolute Gasteiger partial charge is 0.128 e. The predicted molar refractivity (Wildman–Crippen MR) is 85.2 cm³/mol. The van der Waals surface area contributed by atoms with Gasteiger partial charge in [0.2, 0.25) is 0 Å². The summed E-state index contributed by atoms with van der Waals surface area (Å²) in [5.74, 6) is 1.10. The molecule has 0 saturated carbocycles. The third kappa shape index (κ3) is 4.46. The highest BCUT2D eigenvalue weighted by atomic mass is 15.3. The van der Waals surface area contributed by atoms with Crippen LogP contribution < -0.4 is 10.2 Å². The van der Waals surface area contributed by atoms with Gasteiger partial charge < -0.3 is 10.2 Å². The van der Waals surface area contributed by atoms with Gasteiger partial charge in [-0.15, -0.1) is 0 Å². The van der Waals surface area contributed by atoms with Gasteiger partial charge in [0.25, 0.3) is 0 Å². The normalized spacial score (nSPS) is 19.1. The van der Waals surface area contributed by atoms with Crippen LogP contribution in [0.15, 0.2) is 24.4 Å². The number of hydrogen-bond acceptors (Lipinski definition) is 4. The van der Waals surface area contributed by atoms with Crippen LogP contribution in [-0.2, 0) is 0 Å². The lowest BCUT2D eigenvalue weighted by Crippen LogP contribution is -2.53. The van der Waals surface area contributed by atoms with Crippen LogP contribution in [0.4, 0.5) is 5.82 Å². The summed E-state index contributed by atoms with van der Waals surface area (Å²) < 4.78 is 0. The van der Waals surface area contributed by atoms with Gasteiger partial charge in [-0.3, -0.25) is 4.90 Å². The quantitative estimate of drug-likeness (QED) is 0.911. The summed E-state index contributed by atoms with van der Waals surface area (Å²) in [6.45, 7) is 14.4. The molecule has 1 aliphatic rings. The Morgan fingerprint density at radius 1 is 1.20 bits per heavy atom. The van der Waals surface area contributed by atoms with E-state index in [-0.39, 0.29) is 5.54 Å². The topological polar surface area (TPSA) is 31.4 Å². The Balaban J connectivity index is 1.79. The Morgan fingerprint density at radius 3 is 2.45 bits per heavy atom. The Labute approximate surface area is 123 Å². The van der Waals surface area contributed by atoms with E-state index in [1.807, 2.05) is 12.3 Å². The van der Waals surface area contributed by atoms with E-state index in [0.717, 1.165) is 38.5 Å². The Morgan fingerprint density at radius 2 is 1.90 bits per heavy atom. The van der Waals surface area contributed by atoms with Crippen molar-refractivity contribution in [3.63, 3.8) is 0 Å². The summed E-state index contributed by atoms with van der Waals surface area (Å²) in [6, 6.07) is 6.71. The van der Waals surface area contributed by atoms with Crippen LogP contribution in [0.3, 0.4) is 0 Å². The monoisotopic (exact) mass is 276 g/mol. The van der Waals surface area contributed by atoms with Crippen molar-refractivity contribution in [2.75, 3.05) is 37.6 Å². The molecule has 0 aliphatic carbocycles. The molecule has 1 unspecified atom stereocenters. The SMILES string of the molecule is CC(CNC(C)(C)C)N1CCN(c2ccccn2)CC1. The van der Waals surface area contributed by atoms with Crippen LogP contribution in [0.2, 0.25) is 0 Å². The number of aromatic nitrogens is 1. The van der Waals surface area contributed by atoms with Crippen molar-refractivity contribution in [3.05, 3.63) is 24.4 Å². The van der Waals surface area contributed by atoms with E-state index in [1.165, 1.54) is 0 Å². The first-order chi connectivity index (χ1) is 9.46. The second-order valence-electron chi connectivity index (χ2n) is 6.69. The van der Waals surface area contributed by atoms with Gasteiger partial charge in [0.05, 0.1) is 0 Å². The van der Waals surface area contributed by atoms with E-state index in [4.69, 9.17) is 0 Å². The number of rotatable bonds is 4. The van der Waals surface area contributed by atoms with Gasteiger partial charge in [-0.1, -0.05) is 6.07 Å². The van der Waals surface area contributed by atoms with Crippen LogP contribution in [-0.4, -0.2) is 54.2 Å². The molecule has 0 amide bonds. The van der Waals surface area contributed by atoms with Crippen molar-refractivity contribution in [1.29, 1.82) is 0 Å². The summed E-state index contributed by atoms with van der Waals surface area (Å²) >= 11 is 0. The average molecular weight is 276 g/mol. The second-order valence-corrected chi connectivity index (χ2v) is 6.69. The van der Waals surface area contributed by atoms with E-state index in [2.05, 4.69) is 59.9 Å². The minimum absolute atomic E-state index is 0.198. The Kier molecular flexibility index (Phi) is 5.00. The molecule has 0 spiro atoms. The van der Waals surface area contributed by atoms with Gasteiger partial charge in [0.15, 0.2) is 0 Å². The van der Waals surface area contributed by atoms with Gasteiger partial charge in [-0.25, -0.2) is 4.98 Å². The predicted octanol–water partition coefficient (Wildman–Crippen LogP) is 1.98. The Hall–Kier alpha value is -1.13. The maximum absolute atomic E-state index is 4.44. The van der Waals surface area contributed by atoms with Crippen LogP contribution in [0.25, 0.3) is 0 Å². The number of anilines is 1. The van der Waals surface area contributed by atoms with Crippen LogP contribution in [0.1, 0.15) is 27.7 Å². The number of hydrogen-bond donors (Lipinski definition) is 1. The zero-order valence-corrected chi connectivity index (χ0v) is 13.3. The molecule has 1 aromatic rings. The number of nitrogens with zero attached hydrogens (tertiary/aromatic N) is 3. The van der Waals surface area contributed by atoms with Gasteiger partial charge in [-0.2, -0.15) is 0 Å². The molecule has 1 fully saturated rings. The molecule has 1 saturated heterocycles. The van der Waals surface area contributed by atoms with Crippen LogP contribution in [0.5, 0.6) is 0 Å². The lowest BCUT2D eigenvalue weighted by atomic mass is 10.1. The van der Waals surface area contributed by atoms with Gasteiger partial charge in [0, 0.05) is 50.5 Å². The van der Waals surface area contributed by atoms with E-state index < -0.39 is 0 Å². The molecular weight excluding hydrogens is 248 g/mol. The highest BCUT2D eigenvalue weighted by Crippen LogP contribution is 2.14. The fourth-order valence-corrected chi connectivity index (χ4v) is 2.52. The summed E-state index contributed by atoms with van der Waals surface area (Å²) in [7, 11) is 0. The molecule has 1 N–H and O–H groups in total. The van der Waals surface area contributed by atoms with Gasteiger partial charge >= 0.3 is 0 Å². The van der Waals surface area contributed by atoms with Crippen LogP contribution in [0, 0.1) is 0 Å². The number of pyridine rings is 1. The molecule has 0 aromatic carbocycles. The minimum atomic E-state index is 0.198. The lowest BCUT2D eigenvalue weighted by Gasteiger charge is -2.39. The van der Waals surface area contributed by atoms with E-state index in [9.17, 15) is 0 Å². The molecule has 2 rings (SSSR count). The molecule has 1 aliphatic heterocycles. The molecule has 4 nitrogen and oxygen atoms in total. The Bertz CT molecular complexity index is 391. The molecule has 0 radical (unpaired) electrons. The first-order valence-electron chi connectivity index (χ1n) is 7.61. The molecule has 1 aromatic heterocycles. The van der Waals surface area contributed by atoms with E-state index in [1.54, 1.807) is 0 Å². The summed E-state index contributed by atoms with van der Waals surface area (Å²) in [6.07, 6.45) is 1.87. The molecule has 20 heavy (non-hydrogen) atoms. The van der Waals surface area contributed by atoms with Crippen molar-refractivity contribution < 1.29 is 0 Å². The highest BCUT2D eigenvalue weighted by Gasteiger charge is 2.22. The maximum Gasteiger partial charge on any atom is 0.128 e. The summed E-state index contributed by atoms with van der Waals surface area (Å²) in [5, 5.41) is 3.59. The molecule has 0 bridgehead atoms. The van der Waals surface area contributed by atoms with Crippen LogP contribution >= 0.6 is 0 Å². The number of piperazine rings is 1. The number of nitrogens with one attached hydrogen (secondary N) is 1. The standard InChI is InChI=1S/C16H28N4/c1-14(13-18-16(2,3)4)19-9-11-20(12-10-19)15-7-5-6-8-17-15/h5-8,14,18H,9-13H2,1-4H3. The zero-order chi connectivity index (χ0) is 14.6. The fourth-order valence-electron chi connectivity index (χ4n) is 2.52. The first-order valence-corrected chi connectivity index (χ1v) is 7.61. The molecular formula is C16H28N4. The van der Waals surface area contributed by atoms with Crippen molar-refractivity contribution in [2.24, 2.45) is 0 Å². The fraction of sp³-hybridized carbons (Fsp3) is 0.688. The van der Waals surface area contributed by atoms with E-state index in [0.29, 0.717) is 6.04 Å². The van der Waals surface area contributed by atoms with Crippen molar-refractivity contribution in [3.8, 4) is 0 Å². The van der Waals surface area contributed by atoms with Crippen molar-refractivity contribution >= 4 is 5.82 Å². The molecule has 112 valence electrons. The summed E-state index contributed by atoms with van der Waals surface area (Å²) in [4.78, 5) is 9.38. The van der Waals surface area contributed by atoms with Gasteiger partial charge in [-0.05, 0) is 39.8 Å². The minimum Gasteiger partial charge on any atom is -0.354 e. The maximum atomic E-state index is 4.44. The van der Waals surface area contributed by atoms with Crippen molar-refractivity contribution in [2.45, 2.75) is 39.3 Å². The first kappa shape index (κ1) is 15.3.